The van der Waals surface area contributed by atoms with E-state index in [0.29, 0.717) is 21.5 Å². The highest BCUT2D eigenvalue weighted by Crippen LogP contribution is 2.33. The van der Waals surface area contributed by atoms with Crippen LogP contribution in [0.15, 0.2) is 34.2 Å². The molecule has 1 amide bonds. The molecular weight excluding hydrogens is 394 g/mol. The van der Waals surface area contributed by atoms with Crippen molar-refractivity contribution in [1.29, 1.82) is 0 Å². The molecule has 9 nitrogen and oxygen atoms in total. The molecule has 2 N–H and O–H groups in total. The molecular formula is C19H17N5O4S. The Balaban J connectivity index is 1.59. The smallest absolute Gasteiger partial charge is 0.302 e. The lowest BCUT2D eigenvalue weighted by atomic mass is 9.97. The number of aryl methyl sites for hydroxylation is 2. The van der Waals surface area contributed by atoms with Crippen molar-refractivity contribution in [2.24, 2.45) is 5.10 Å². The number of nitro benzene ring substituents is 1. The van der Waals surface area contributed by atoms with Crippen LogP contribution in [0.5, 0.6) is 0 Å². The Hall–Kier alpha value is -3.40. The Morgan fingerprint density at radius 1 is 1.34 bits per heavy atom. The van der Waals surface area contributed by atoms with Gasteiger partial charge in [0.05, 0.1) is 16.0 Å². The first kappa shape index (κ1) is 18.9. The topological polar surface area (TPSA) is 130 Å². The predicted molar refractivity (Wildman–Crippen MR) is 110 cm³/mol. The molecule has 0 aliphatic heterocycles. The SMILES string of the molecule is C/C(=N\NC(=O)c1nc2sc3c(c2c(=O)[nH]1)CCCC3)c1cccc([N+](=O)[O-])c1. The van der Waals surface area contributed by atoms with Gasteiger partial charge in [-0.05, 0) is 38.2 Å². The largest absolute Gasteiger partial charge is 0.307 e. The lowest BCUT2D eigenvalue weighted by Crippen LogP contribution is -2.25. The maximum absolute atomic E-state index is 12.5. The van der Waals surface area contributed by atoms with E-state index >= 15 is 0 Å². The molecule has 2 aromatic heterocycles. The molecule has 0 unspecified atom stereocenters. The third-order valence-corrected chi connectivity index (χ3v) is 6.03. The number of hydrogen-bond acceptors (Lipinski definition) is 7. The van der Waals surface area contributed by atoms with Crippen molar-refractivity contribution in [2.75, 3.05) is 0 Å². The van der Waals surface area contributed by atoms with Gasteiger partial charge in [-0.3, -0.25) is 19.7 Å². The first-order chi connectivity index (χ1) is 13.9. The van der Waals surface area contributed by atoms with Crippen LogP contribution in [0, 0.1) is 10.1 Å². The van der Waals surface area contributed by atoms with Crippen LogP contribution in [0.3, 0.4) is 0 Å². The summed E-state index contributed by atoms with van der Waals surface area (Å²) in [7, 11) is 0. The number of nitrogens with zero attached hydrogens (tertiary/aromatic N) is 3. The Kier molecular flexibility index (Phi) is 4.93. The van der Waals surface area contributed by atoms with Crippen molar-refractivity contribution in [3.8, 4) is 0 Å². The van der Waals surface area contributed by atoms with Gasteiger partial charge in [-0.15, -0.1) is 11.3 Å². The highest BCUT2D eigenvalue weighted by atomic mass is 32.1. The average molecular weight is 411 g/mol. The molecule has 1 aromatic carbocycles. The minimum Gasteiger partial charge on any atom is -0.302 e. The summed E-state index contributed by atoms with van der Waals surface area (Å²) in [5, 5.41) is 15.5. The molecule has 148 valence electrons. The van der Waals surface area contributed by atoms with E-state index in [-0.39, 0.29) is 17.1 Å². The van der Waals surface area contributed by atoms with Crippen molar-refractivity contribution < 1.29 is 9.72 Å². The van der Waals surface area contributed by atoms with Gasteiger partial charge in [-0.1, -0.05) is 12.1 Å². The number of nitrogens with one attached hydrogen (secondary N) is 2. The van der Waals surface area contributed by atoms with Crippen molar-refractivity contribution in [3.63, 3.8) is 0 Å². The monoisotopic (exact) mass is 411 g/mol. The molecule has 0 bridgehead atoms. The van der Waals surface area contributed by atoms with Gasteiger partial charge >= 0.3 is 5.91 Å². The van der Waals surface area contributed by atoms with Crippen LogP contribution in [-0.2, 0) is 12.8 Å². The molecule has 10 heteroatoms. The summed E-state index contributed by atoms with van der Waals surface area (Å²) in [6.45, 7) is 1.62. The minimum atomic E-state index is -0.653. The second-order valence-electron chi connectivity index (χ2n) is 6.75. The fourth-order valence-corrected chi connectivity index (χ4v) is 4.63. The number of carbonyl (C=O) groups is 1. The second-order valence-corrected chi connectivity index (χ2v) is 7.83. The van der Waals surface area contributed by atoms with E-state index in [0.717, 1.165) is 31.2 Å². The number of hydrazone groups is 1. The standard InChI is InChI=1S/C19H17N5O4S/c1-10(11-5-4-6-12(9-11)24(27)28)22-23-18(26)16-20-17(25)15-13-7-2-3-8-14(13)29-19(15)21-16/h4-6,9H,2-3,7-8H2,1H3,(H,23,26)(H,20,21,25)/b22-10+. The van der Waals surface area contributed by atoms with E-state index in [1.165, 1.54) is 28.3 Å². The van der Waals surface area contributed by atoms with Crippen LogP contribution in [0.2, 0.25) is 0 Å². The van der Waals surface area contributed by atoms with E-state index < -0.39 is 10.8 Å². The minimum absolute atomic E-state index is 0.0681. The third kappa shape index (κ3) is 3.66. The summed E-state index contributed by atoms with van der Waals surface area (Å²) < 4.78 is 0. The van der Waals surface area contributed by atoms with Gasteiger partial charge in [0.15, 0.2) is 0 Å². The van der Waals surface area contributed by atoms with Gasteiger partial charge in [-0.25, -0.2) is 10.4 Å². The number of fused-ring (bicyclic) bond motifs is 3. The number of benzene rings is 1. The maximum atomic E-state index is 12.5. The highest BCUT2D eigenvalue weighted by Gasteiger charge is 2.21. The van der Waals surface area contributed by atoms with Gasteiger partial charge in [0.2, 0.25) is 5.82 Å². The van der Waals surface area contributed by atoms with Crippen molar-refractivity contribution >= 4 is 38.9 Å². The van der Waals surface area contributed by atoms with Crippen molar-refractivity contribution in [3.05, 3.63) is 66.6 Å². The number of amides is 1. The van der Waals surface area contributed by atoms with Gasteiger partial charge in [-0.2, -0.15) is 5.10 Å². The summed E-state index contributed by atoms with van der Waals surface area (Å²) in [6, 6.07) is 5.94. The zero-order valence-electron chi connectivity index (χ0n) is 15.5. The number of aromatic amines is 1. The fourth-order valence-electron chi connectivity index (χ4n) is 3.37. The zero-order chi connectivity index (χ0) is 20.5. The molecule has 0 radical (unpaired) electrons. The van der Waals surface area contributed by atoms with Crippen LogP contribution >= 0.6 is 11.3 Å². The van der Waals surface area contributed by atoms with Gasteiger partial charge in [0, 0.05) is 22.6 Å². The maximum Gasteiger partial charge on any atom is 0.307 e. The number of rotatable bonds is 4. The fraction of sp³-hybridized carbons (Fsp3) is 0.263. The molecule has 0 saturated carbocycles. The molecule has 1 aliphatic carbocycles. The van der Waals surface area contributed by atoms with Crippen LogP contribution in [0.25, 0.3) is 10.2 Å². The van der Waals surface area contributed by atoms with Crippen LogP contribution < -0.4 is 11.0 Å². The molecule has 3 aromatic rings. The van der Waals surface area contributed by atoms with Crippen molar-refractivity contribution in [1.82, 2.24) is 15.4 Å². The first-order valence-corrected chi connectivity index (χ1v) is 9.89. The van der Waals surface area contributed by atoms with Crippen molar-refractivity contribution in [2.45, 2.75) is 32.6 Å². The van der Waals surface area contributed by atoms with E-state index in [1.54, 1.807) is 19.1 Å². The number of H-pyrrole nitrogens is 1. The van der Waals surface area contributed by atoms with E-state index in [1.807, 2.05) is 0 Å². The molecule has 1 aliphatic rings. The molecule has 4 rings (SSSR count). The molecule has 0 saturated heterocycles. The predicted octanol–water partition coefficient (Wildman–Crippen LogP) is 2.93. The number of carbonyl (C=O) groups excluding carboxylic acids is 1. The summed E-state index contributed by atoms with van der Waals surface area (Å²) >= 11 is 1.46. The third-order valence-electron chi connectivity index (χ3n) is 4.84. The number of non-ortho nitro benzene ring substituents is 1. The number of aromatic nitrogens is 2. The number of hydrogen-bond donors (Lipinski definition) is 2. The summed E-state index contributed by atoms with van der Waals surface area (Å²) in [5.41, 5.74) is 3.90. The molecule has 29 heavy (non-hydrogen) atoms. The van der Waals surface area contributed by atoms with Crippen LogP contribution in [-0.4, -0.2) is 26.5 Å². The summed E-state index contributed by atoms with van der Waals surface area (Å²) in [4.78, 5) is 44.0. The lowest BCUT2D eigenvalue weighted by Gasteiger charge is -2.09. The Morgan fingerprint density at radius 2 is 2.14 bits per heavy atom. The Bertz CT molecular complexity index is 1230. The number of thiophene rings is 1. The first-order valence-electron chi connectivity index (χ1n) is 9.08. The lowest BCUT2D eigenvalue weighted by molar-refractivity contribution is -0.384. The molecule has 0 atom stereocenters. The van der Waals surface area contributed by atoms with E-state index in [4.69, 9.17) is 0 Å². The quantitative estimate of drug-likeness (QED) is 0.387. The molecule has 0 fully saturated rings. The molecule has 0 spiro atoms. The van der Waals surface area contributed by atoms with Gasteiger partial charge in [0.25, 0.3) is 11.2 Å². The average Bonchev–Trinajstić information content (AvgIpc) is 3.10. The van der Waals surface area contributed by atoms with Gasteiger partial charge in [0.1, 0.15) is 4.83 Å². The Labute approximate surface area is 168 Å². The normalized spacial score (nSPS) is 13.9. The van der Waals surface area contributed by atoms with E-state index in [2.05, 4.69) is 20.5 Å². The number of nitro groups is 1. The Morgan fingerprint density at radius 3 is 2.93 bits per heavy atom. The molecule has 2 heterocycles. The summed E-state index contributed by atoms with van der Waals surface area (Å²) in [6.07, 6.45) is 3.94. The zero-order valence-corrected chi connectivity index (χ0v) is 16.3. The summed E-state index contributed by atoms with van der Waals surface area (Å²) in [5.74, 6) is -0.767. The van der Waals surface area contributed by atoms with Gasteiger partial charge < -0.3 is 4.98 Å². The van der Waals surface area contributed by atoms with Crippen LogP contribution in [0.1, 0.15) is 46.4 Å². The highest BCUT2D eigenvalue weighted by molar-refractivity contribution is 7.18. The van der Waals surface area contributed by atoms with Crippen LogP contribution in [0.4, 0.5) is 5.69 Å². The van der Waals surface area contributed by atoms with E-state index in [9.17, 15) is 19.7 Å². The second kappa shape index (κ2) is 7.55.